The Balaban J connectivity index is 1.75. The predicted octanol–water partition coefficient (Wildman–Crippen LogP) is 4.49. The summed E-state index contributed by atoms with van der Waals surface area (Å²) >= 11 is 0. The minimum Gasteiger partial charge on any atom is -0.488 e. The van der Waals surface area contributed by atoms with E-state index in [0.717, 1.165) is 38.9 Å². The molecule has 2 heterocycles. The lowest BCUT2D eigenvalue weighted by molar-refractivity contribution is 0.305. The molecule has 0 spiro atoms. The van der Waals surface area contributed by atoms with E-state index in [9.17, 15) is 9.18 Å². The minimum absolute atomic E-state index is 0.145. The molecule has 4 aromatic rings. The third-order valence-electron chi connectivity index (χ3n) is 5.16. The molecule has 5 heteroatoms. The van der Waals surface area contributed by atoms with Gasteiger partial charge < -0.3 is 9.72 Å². The monoisotopic (exact) mass is 372 g/mol. The Morgan fingerprint density at radius 2 is 1.93 bits per heavy atom. The molecule has 0 saturated carbocycles. The molecule has 138 valence electrons. The van der Waals surface area contributed by atoms with Gasteiger partial charge >= 0.3 is 5.69 Å². The van der Waals surface area contributed by atoms with E-state index in [-0.39, 0.29) is 11.5 Å². The first-order valence-corrected chi connectivity index (χ1v) is 9.01. The number of nitrogens with one attached hydrogen (secondary N) is 1. The molecule has 1 N–H and O–H groups in total. The fourth-order valence-electron chi connectivity index (χ4n) is 3.71. The lowest BCUT2D eigenvalue weighted by atomic mass is 9.92. The van der Waals surface area contributed by atoms with E-state index in [1.54, 1.807) is 17.7 Å². The van der Waals surface area contributed by atoms with Crippen LogP contribution in [-0.2, 0) is 13.7 Å². The highest BCUT2D eigenvalue weighted by Gasteiger charge is 2.19. The van der Waals surface area contributed by atoms with Crippen LogP contribution in [0.3, 0.4) is 0 Å². The van der Waals surface area contributed by atoms with Crippen molar-refractivity contribution in [1.82, 2.24) is 9.55 Å². The van der Waals surface area contributed by atoms with Gasteiger partial charge in [0.1, 0.15) is 18.2 Å². The van der Waals surface area contributed by atoms with Crippen molar-refractivity contribution in [2.75, 3.05) is 0 Å². The summed E-state index contributed by atoms with van der Waals surface area (Å²) in [6, 6.07) is 18.5. The molecule has 0 atom stereocenters. The van der Waals surface area contributed by atoms with Crippen LogP contribution >= 0.6 is 0 Å². The first kappa shape index (κ1) is 16.6. The topological polar surface area (TPSA) is 47.0 Å². The van der Waals surface area contributed by atoms with Gasteiger partial charge in [0.05, 0.1) is 11.0 Å². The molecular weight excluding hydrogens is 355 g/mol. The number of hydrogen-bond acceptors (Lipinski definition) is 2. The fourth-order valence-corrected chi connectivity index (χ4v) is 3.71. The van der Waals surface area contributed by atoms with Crippen molar-refractivity contribution in [2.45, 2.75) is 6.61 Å². The maximum atomic E-state index is 13.8. The van der Waals surface area contributed by atoms with E-state index in [2.05, 4.69) is 11.1 Å². The van der Waals surface area contributed by atoms with Crippen LogP contribution in [0.1, 0.15) is 22.3 Å². The molecule has 0 fully saturated rings. The van der Waals surface area contributed by atoms with Gasteiger partial charge in [0.15, 0.2) is 0 Å². The molecule has 5 rings (SSSR count). The zero-order valence-electron chi connectivity index (χ0n) is 15.2. The highest BCUT2D eigenvalue weighted by atomic mass is 19.1. The number of nitrogens with zero attached hydrogens (tertiary/aromatic N) is 1. The first-order valence-electron chi connectivity index (χ1n) is 9.01. The lowest BCUT2D eigenvalue weighted by Crippen LogP contribution is -2.11. The van der Waals surface area contributed by atoms with Crippen LogP contribution in [0.25, 0.3) is 22.7 Å². The highest BCUT2D eigenvalue weighted by Crippen LogP contribution is 2.38. The van der Waals surface area contributed by atoms with Crippen LogP contribution in [-0.4, -0.2) is 9.55 Å². The Labute approximate surface area is 160 Å². The summed E-state index contributed by atoms with van der Waals surface area (Å²) in [6.45, 7) is 0.384. The Hall–Kier alpha value is -3.60. The van der Waals surface area contributed by atoms with Crippen molar-refractivity contribution < 1.29 is 9.13 Å². The molecule has 0 saturated heterocycles. The summed E-state index contributed by atoms with van der Waals surface area (Å²) in [7, 11) is 1.74. The first-order chi connectivity index (χ1) is 13.6. The van der Waals surface area contributed by atoms with Crippen LogP contribution in [0.15, 0.2) is 65.5 Å². The Bertz CT molecular complexity index is 1310. The molecule has 0 bridgehead atoms. The van der Waals surface area contributed by atoms with Crippen LogP contribution < -0.4 is 10.4 Å². The summed E-state index contributed by atoms with van der Waals surface area (Å²) in [5.41, 5.74) is 6.31. The Morgan fingerprint density at radius 3 is 2.82 bits per heavy atom. The van der Waals surface area contributed by atoms with E-state index >= 15 is 0 Å². The number of hydrogen-bond donors (Lipinski definition) is 1. The number of fused-ring (bicyclic) bond motifs is 3. The van der Waals surface area contributed by atoms with Crippen LogP contribution in [0, 0.1) is 5.82 Å². The summed E-state index contributed by atoms with van der Waals surface area (Å²) in [6.07, 6.45) is 2.05. The Kier molecular flexibility index (Phi) is 3.69. The predicted molar refractivity (Wildman–Crippen MR) is 108 cm³/mol. The van der Waals surface area contributed by atoms with E-state index < -0.39 is 0 Å². The molecule has 0 aliphatic carbocycles. The second-order valence-electron chi connectivity index (χ2n) is 6.91. The van der Waals surface area contributed by atoms with E-state index in [1.807, 2.05) is 42.5 Å². The summed E-state index contributed by atoms with van der Waals surface area (Å²) < 4.78 is 21.3. The van der Waals surface area contributed by atoms with Gasteiger partial charge in [0, 0.05) is 18.7 Å². The van der Waals surface area contributed by atoms with Crippen molar-refractivity contribution in [3.8, 4) is 5.75 Å². The SMILES string of the molecule is Cn1c(=O)[nH]c2cc(/C=C3/c4ccccc4COc4cc(F)ccc43)ccc21. The van der Waals surface area contributed by atoms with Gasteiger partial charge in [-0.15, -0.1) is 0 Å². The zero-order chi connectivity index (χ0) is 19.3. The number of aryl methyl sites for hydroxylation is 1. The molecule has 1 aliphatic rings. The molecule has 1 aromatic heterocycles. The van der Waals surface area contributed by atoms with Crippen LogP contribution in [0.2, 0.25) is 0 Å². The summed E-state index contributed by atoms with van der Waals surface area (Å²) in [4.78, 5) is 14.8. The van der Waals surface area contributed by atoms with Gasteiger partial charge in [0.25, 0.3) is 0 Å². The van der Waals surface area contributed by atoms with Gasteiger partial charge in [-0.2, -0.15) is 0 Å². The number of aromatic nitrogens is 2. The van der Waals surface area contributed by atoms with Gasteiger partial charge in [-0.05, 0) is 52.6 Å². The maximum Gasteiger partial charge on any atom is 0.326 e. The van der Waals surface area contributed by atoms with E-state index in [0.29, 0.717) is 12.4 Å². The summed E-state index contributed by atoms with van der Waals surface area (Å²) in [5, 5.41) is 0. The van der Waals surface area contributed by atoms with Gasteiger partial charge in [0.2, 0.25) is 0 Å². The molecule has 28 heavy (non-hydrogen) atoms. The van der Waals surface area contributed by atoms with E-state index in [4.69, 9.17) is 4.74 Å². The highest BCUT2D eigenvalue weighted by molar-refractivity contribution is 5.95. The number of benzene rings is 3. The van der Waals surface area contributed by atoms with Crippen LogP contribution in [0.5, 0.6) is 5.75 Å². The minimum atomic E-state index is -0.327. The molecular formula is C23H17FN2O2. The normalized spacial score (nSPS) is 14.4. The van der Waals surface area contributed by atoms with Gasteiger partial charge in [-0.3, -0.25) is 4.57 Å². The number of aromatic amines is 1. The van der Waals surface area contributed by atoms with Crippen molar-refractivity contribution in [2.24, 2.45) is 7.05 Å². The quantitative estimate of drug-likeness (QED) is 0.535. The smallest absolute Gasteiger partial charge is 0.326 e. The number of ether oxygens (including phenoxy) is 1. The third-order valence-corrected chi connectivity index (χ3v) is 5.16. The Morgan fingerprint density at radius 1 is 1.07 bits per heavy atom. The molecule has 4 nitrogen and oxygen atoms in total. The van der Waals surface area contributed by atoms with Crippen molar-refractivity contribution >= 4 is 22.7 Å². The van der Waals surface area contributed by atoms with Crippen molar-refractivity contribution in [3.63, 3.8) is 0 Å². The average Bonchev–Trinajstić information content (AvgIpc) is 2.89. The van der Waals surface area contributed by atoms with Crippen molar-refractivity contribution in [1.29, 1.82) is 0 Å². The maximum absolute atomic E-state index is 13.8. The lowest BCUT2D eigenvalue weighted by Gasteiger charge is -2.11. The number of halogens is 1. The largest absolute Gasteiger partial charge is 0.488 e. The molecule has 0 radical (unpaired) electrons. The molecule has 1 aliphatic heterocycles. The number of H-pyrrole nitrogens is 1. The molecule has 0 unspecified atom stereocenters. The zero-order valence-corrected chi connectivity index (χ0v) is 15.2. The van der Waals surface area contributed by atoms with Gasteiger partial charge in [-0.25, -0.2) is 9.18 Å². The fraction of sp³-hybridized carbons (Fsp3) is 0.0870. The van der Waals surface area contributed by atoms with Gasteiger partial charge in [-0.1, -0.05) is 30.3 Å². The standard InChI is InChI=1S/C23H17FN2O2/c1-26-21-9-6-14(11-20(21)25-23(26)27)10-19-17-5-3-2-4-15(17)13-28-22-12-16(24)7-8-18(19)22/h2-12H,13H2,1H3,(H,25,27)/b19-10-. The third kappa shape index (κ3) is 2.63. The summed E-state index contributed by atoms with van der Waals surface area (Å²) in [5.74, 6) is 0.198. The van der Waals surface area contributed by atoms with Crippen LogP contribution in [0.4, 0.5) is 4.39 Å². The number of rotatable bonds is 1. The second-order valence-corrected chi connectivity index (χ2v) is 6.91. The molecule has 0 amide bonds. The van der Waals surface area contributed by atoms with Crippen molar-refractivity contribution in [3.05, 3.63) is 99.2 Å². The second kappa shape index (κ2) is 6.23. The van der Waals surface area contributed by atoms with E-state index in [1.165, 1.54) is 12.1 Å². The molecule has 3 aromatic carbocycles. The average molecular weight is 372 g/mol. The number of imidazole rings is 1.